The second-order valence-corrected chi connectivity index (χ2v) is 3.90. The summed E-state index contributed by atoms with van der Waals surface area (Å²) in [6, 6.07) is 4.70. The molecule has 0 saturated carbocycles. The number of anilines is 1. The third kappa shape index (κ3) is 2.82. The van der Waals surface area contributed by atoms with E-state index in [0.29, 0.717) is 23.8 Å². The zero-order valence-corrected chi connectivity index (χ0v) is 10.5. The van der Waals surface area contributed by atoms with Crippen molar-refractivity contribution in [1.29, 1.82) is 0 Å². The fourth-order valence-electron chi connectivity index (χ4n) is 1.67. The molecular formula is C12H15N5O2. The van der Waals surface area contributed by atoms with Crippen LogP contribution in [0.15, 0.2) is 24.5 Å². The number of rotatable bonds is 5. The van der Waals surface area contributed by atoms with Gasteiger partial charge in [0, 0.05) is 18.3 Å². The van der Waals surface area contributed by atoms with Crippen LogP contribution in [0.4, 0.5) is 5.69 Å². The Hall–Kier alpha value is -2.57. The van der Waals surface area contributed by atoms with E-state index < -0.39 is 5.91 Å². The van der Waals surface area contributed by atoms with Gasteiger partial charge in [0.15, 0.2) is 5.82 Å². The molecule has 2 rings (SSSR count). The molecule has 1 heterocycles. The van der Waals surface area contributed by atoms with Gasteiger partial charge in [0.2, 0.25) is 0 Å². The minimum atomic E-state index is -0.563. The van der Waals surface area contributed by atoms with Crippen LogP contribution in [0.1, 0.15) is 23.1 Å². The van der Waals surface area contributed by atoms with Crippen molar-refractivity contribution in [3.8, 4) is 5.75 Å². The van der Waals surface area contributed by atoms with Crippen molar-refractivity contribution in [2.45, 2.75) is 20.1 Å². The molecule has 0 atom stereocenters. The third-order valence-corrected chi connectivity index (χ3v) is 2.62. The molecule has 7 nitrogen and oxygen atoms in total. The van der Waals surface area contributed by atoms with Crippen molar-refractivity contribution >= 4 is 11.6 Å². The molecular weight excluding hydrogens is 246 g/mol. The van der Waals surface area contributed by atoms with E-state index in [1.807, 2.05) is 6.92 Å². The van der Waals surface area contributed by atoms with Crippen LogP contribution in [0.2, 0.25) is 0 Å². The molecule has 0 spiro atoms. The van der Waals surface area contributed by atoms with Gasteiger partial charge in [-0.15, -0.1) is 0 Å². The summed E-state index contributed by atoms with van der Waals surface area (Å²) in [6.45, 7) is 2.84. The number of benzene rings is 1. The van der Waals surface area contributed by atoms with Crippen LogP contribution >= 0.6 is 0 Å². The van der Waals surface area contributed by atoms with Crippen molar-refractivity contribution in [3.05, 3.63) is 35.9 Å². The Morgan fingerprint density at radius 2 is 2.26 bits per heavy atom. The lowest BCUT2D eigenvalue weighted by molar-refractivity contribution is 0.0995. The summed E-state index contributed by atoms with van der Waals surface area (Å²) in [5.74, 6) is 0.449. The number of hydrogen-bond acceptors (Lipinski definition) is 5. The van der Waals surface area contributed by atoms with Gasteiger partial charge in [-0.05, 0) is 19.1 Å². The quantitative estimate of drug-likeness (QED) is 0.764. The van der Waals surface area contributed by atoms with E-state index in [-0.39, 0.29) is 12.2 Å². The van der Waals surface area contributed by atoms with Crippen LogP contribution in [-0.4, -0.2) is 20.7 Å². The minimum absolute atomic E-state index is 0.192. The summed E-state index contributed by atoms with van der Waals surface area (Å²) < 4.78 is 7.27. The summed E-state index contributed by atoms with van der Waals surface area (Å²) in [5.41, 5.74) is 11.7. The van der Waals surface area contributed by atoms with Crippen molar-refractivity contribution in [2.75, 3.05) is 5.73 Å². The first kappa shape index (κ1) is 12.9. The first-order valence-electron chi connectivity index (χ1n) is 5.80. The number of aryl methyl sites for hydroxylation is 1. The predicted molar refractivity (Wildman–Crippen MR) is 69.4 cm³/mol. The summed E-state index contributed by atoms with van der Waals surface area (Å²) in [5, 5.41) is 4.03. The highest BCUT2D eigenvalue weighted by atomic mass is 16.5. The highest BCUT2D eigenvalue weighted by Gasteiger charge is 2.11. The monoisotopic (exact) mass is 261 g/mol. The Bertz CT molecular complexity index is 594. The summed E-state index contributed by atoms with van der Waals surface area (Å²) >= 11 is 0. The Labute approximate surface area is 110 Å². The molecule has 0 fully saturated rings. The number of amides is 1. The van der Waals surface area contributed by atoms with Crippen LogP contribution in [-0.2, 0) is 13.2 Å². The number of primary amides is 1. The molecule has 0 aliphatic carbocycles. The first-order valence-corrected chi connectivity index (χ1v) is 5.80. The maximum absolute atomic E-state index is 11.3. The summed E-state index contributed by atoms with van der Waals surface area (Å²) in [7, 11) is 0. The van der Waals surface area contributed by atoms with Crippen LogP contribution in [0.5, 0.6) is 5.75 Å². The predicted octanol–water partition coefficient (Wildman–Crippen LogP) is 0.558. The molecule has 0 unspecified atom stereocenters. The number of ether oxygens (including phenoxy) is 1. The van der Waals surface area contributed by atoms with Crippen molar-refractivity contribution < 1.29 is 9.53 Å². The molecule has 0 radical (unpaired) electrons. The molecule has 100 valence electrons. The Balaban J connectivity index is 2.19. The second kappa shape index (κ2) is 5.38. The van der Waals surface area contributed by atoms with Gasteiger partial charge in [0.05, 0.1) is 5.56 Å². The largest absolute Gasteiger partial charge is 0.485 e. The standard InChI is InChI=1S/C12H15N5O2/c1-2-17-11(15-7-16-17)6-19-10-5-8(13)3-4-9(10)12(14)18/h3-5,7H,2,6,13H2,1H3,(H2,14,18). The highest BCUT2D eigenvalue weighted by molar-refractivity contribution is 5.96. The Morgan fingerprint density at radius 1 is 1.47 bits per heavy atom. The molecule has 1 amide bonds. The Morgan fingerprint density at radius 3 is 2.95 bits per heavy atom. The van der Waals surface area contributed by atoms with Crippen LogP contribution in [0, 0.1) is 0 Å². The molecule has 0 bridgehead atoms. The van der Waals surface area contributed by atoms with E-state index in [0.717, 1.165) is 0 Å². The molecule has 7 heteroatoms. The fourth-order valence-corrected chi connectivity index (χ4v) is 1.67. The van der Waals surface area contributed by atoms with Gasteiger partial charge in [-0.3, -0.25) is 4.79 Å². The van der Waals surface area contributed by atoms with Crippen molar-refractivity contribution in [3.63, 3.8) is 0 Å². The normalized spacial score (nSPS) is 10.4. The van der Waals surface area contributed by atoms with Crippen molar-refractivity contribution in [1.82, 2.24) is 14.8 Å². The van der Waals surface area contributed by atoms with Gasteiger partial charge >= 0.3 is 0 Å². The zero-order chi connectivity index (χ0) is 13.8. The molecule has 0 saturated heterocycles. The molecule has 2 aromatic rings. The fraction of sp³-hybridized carbons (Fsp3) is 0.250. The van der Waals surface area contributed by atoms with E-state index in [1.165, 1.54) is 12.4 Å². The minimum Gasteiger partial charge on any atom is -0.485 e. The van der Waals surface area contributed by atoms with E-state index in [2.05, 4.69) is 10.1 Å². The smallest absolute Gasteiger partial charge is 0.252 e. The number of nitrogens with zero attached hydrogens (tertiary/aromatic N) is 3. The number of aromatic nitrogens is 3. The SMILES string of the molecule is CCn1ncnc1COc1cc(N)ccc1C(N)=O. The van der Waals surface area contributed by atoms with Gasteiger partial charge in [0.25, 0.3) is 5.91 Å². The summed E-state index contributed by atoms with van der Waals surface area (Å²) in [4.78, 5) is 15.4. The maximum atomic E-state index is 11.3. The van der Waals surface area contributed by atoms with Gasteiger partial charge in [-0.1, -0.05) is 0 Å². The average molecular weight is 261 g/mol. The number of nitrogen functional groups attached to an aromatic ring is 1. The lowest BCUT2D eigenvalue weighted by Gasteiger charge is -2.10. The van der Waals surface area contributed by atoms with E-state index in [1.54, 1.807) is 16.8 Å². The van der Waals surface area contributed by atoms with Gasteiger partial charge in [-0.2, -0.15) is 5.10 Å². The third-order valence-electron chi connectivity index (χ3n) is 2.62. The van der Waals surface area contributed by atoms with E-state index in [9.17, 15) is 4.79 Å². The number of nitrogens with two attached hydrogens (primary N) is 2. The summed E-state index contributed by atoms with van der Waals surface area (Å²) in [6.07, 6.45) is 1.45. The Kier molecular flexibility index (Phi) is 3.65. The van der Waals surface area contributed by atoms with E-state index in [4.69, 9.17) is 16.2 Å². The van der Waals surface area contributed by atoms with Crippen molar-refractivity contribution in [2.24, 2.45) is 5.73 Å². The number of carbonyl (C=O) groups excluding carboxylic acids is 1. The lowest BCUT2D eigenvalue weighted by Crippen LogP contribution is -2.14. The molecule has 1 aromatic heterocycles. The molecule has 19 heavy (non-hydrogen) atoms. The van der Waals surface area contributed by atoms with Crippen LogP contribution < -0.4 is 16.2 Å². The zero-order valence-electron chi connectivity index (χ0n) is 10.5. The van der Waals surface area contributed by atoms with Gasteiger partial charge in [-0.25, -0.2) is 9.67 Å². The number of hydrogen-bond donors (Lipinski definition) is 2. The van der Waals surface area contributed by atoms with Crippen LogP contribution in [0.25, 0.3) is 0 Å². The van der Waals surface area contributed by atoms with Gasteiger partial charge < -0.3 is 16.2 Å². The molecule has 0 aliphatic rings. The topological polar surface area (TPSA) is 109 Å². The second-order valence-electron chi connectivity index (χ2n) is 3.90. The van der Waals surface area contributed by atoms with Gasteiger partial charge in [0.1, 0.15) is 18.7 Å². The molecule has 4 N–H and O–H groups in total. The molecule has 1 aromatic carbocycles. The number of carbonyl (C=O) groups is 1. The highest BCUT2D eigenvalue weighted by Crippen LogP contribution is 2.22. The molecule has 0 aliphatic heterocycles. The van der Waals surface area contributed by atoms with E-state index >= 15 is 0 Å². The van der Waals surface area contributed by atoms with Crippen LogP contribution in [0.3, 0.4) is 0 Å². The first-order chi connectivity index (χ1) is 9.11. The lowest BCUT2D eigenvalue weighted by atomic mass is 10.2. The maximum Gasteiger partial charge on any atom is 0.252 e. The average Bonchev–Trinajstić information content (AvgIpc) is 2.83.